The number of carbonyl (C=O) groups excluding carboxylic acids is 1. The highest BCUT2D eigenvalue weighted by atomic mass is 16.5. The first-order valence-electron chi connectivity index (χ1n) is 7.40. The van der Waals surface area contributed by atoms with Gasteiger partial charge in [-0.25, -0.2) is 0 Å². The monoisotopic (exact) mass is 291 g/mol. The van der Waals surface area contributed by atoms with Gasteiger partial charge in [0.15, 0.2) is 11.5 Å². The lowest BCUT2D eigenvalue weighted by Gasteiger charge is -2.28. The molecule has 4 nitrogen and oxygen atoms in total. The molecule has 4 heteroatoms. The van der Waals surface area contributed by atoms with Gasteiger partial charge in [-0.15, -0.1) is 0 Å². The van der Waals surface area contributed by atoms with Crippen molar-refractivity contribution in [3.63, 3.8) is 0 Å². The van der Waals surface area contributed by atoms with Crippen molar-refractivity contribution in [3.8, 4) is 11.5 Å². The number of ether oxygens (including phenoxy) is 2. The van der Waals surface area contributed by atoms with E-state index in [9.17, 15) is 4.79 Å². The number of rotatable bonds is 2. The molecule has 116 valence electrons. The second-order valence-electron chi connectivity index (χ2n) is 6.52. The fourth-order valence-corrected chi connectivity index (χ4v) is 2.73. The van der Waals surface area contributed by atoms with Crippen LogP contribution in [0, 0.1) is 5.41 Å². The number of nitrogens with zero attached hydrogens (tertiary/aromatic N) is 1. The Bertz CT molecular complexity index is 497. The van der Waals surface area contributed by atoms with Gasteiger partial charge >= 0.3 is 0 Å². The Kier molecular flexibility index (Phi) is 4.45. The van der Waals surface area contributed by atoms with E-state index in [1.807, 2.05) is 37.8 Å². The Morgan fingerprint density at radius 3 is 1.76 bits per heavy atom. The number of hydrogen-bond donors (Lipinski definition) is 0. The molecule has 0 saturated heterocycles. The zero-order valence-corrected chi connectivity index (χ0v) is 13.7. The van der Waals surface area contributed by atoms with Crippen LogP contribution in [0.1, 0.15) is 31.9 Å². The smallest absolute Gasteiger partial charge is 0.227 e. The van der Waals surface area contributed by atoms with Crippen LogP contribution in [-0.4, -0.2) is 38.1 Å². The van der Waals surface area contributed by atoms with Crippen LogP contribution < -0.4 is 9.47 Å². The Morgan fingerprint density at radius 1 is 1.00 bits per heavy atom. The second-order valence-corrected chi connectivity index (χ2v) is 6.52. The van der Waals surface area contributed by atoms with Gasteiger partial charge in [-0.05, 0) is 36.1 Å². The number of fused-ring (bicyclic) bond motifs is 1. The van der Waals surface area contributed by atoms with Gasteiger partial charge in [0.25, 0.3) is 0 Å². The van der Waals surface area contributed by atoms with Crippen molar-refractivity contribution in [3.05, 3.63) is 23.3 Å². The molecule has 1 aromatic carbocycles. The van der Waals surface area contributed by atoms with E-state index >= 15 is 0 Å². The number of amides is 1. The van der Waals surface area contributed by atoms with Gasteiger partial charge in [0.1, 0.15) is 0 Å². The van der Waals surface area contributed by atoms with Crippen LogP contribution in [0.3, 0.4) is 0 Å². The first-order chi connectivity index (χ1) is 9.86. The highest BCUT2D eigenvalue weighted by Gasteiger charge is 2.28. The maximum absolute atomic E-state index is 12.4. The van der Waals surface area contributed by atoms with Gasteiger partial charge < -0.3 is 14.4 Å². The van der Waals surface area contributed by atoms with Crippen LogP contribution in [0.25, 0.3) is 0 Å². The molecule has 0 aliphatic carbocycles. The van der Waals surface area contributed by atoms with E-state index in [0.717, 1.165) is 37.4 Å². The molecule has 0 N–H and O–H groups in total. The molecule has 0 atom stereocenters. The predicted molar refractivity (Wildman–Crippen MR) is 83.0 cm³/mol. The van der Waals surface area contributed by atoms with E-state index < -0.39 is 0 Å². The third-order valence-electron chi connectivity index (χ3n) is 3.94. The maximum Gasteiger partial charge on any atom is 0.227 e. The summed E-state index contributed by atoms with van der Waals surface area (Å²) in [4.78, 5) is 14.4. The minimum atomic E-state index is -0.327. The Balaban J connectivity index is 2.23. The SMILES string of the molecule is COc1cc2c(cc1OC)CCN(C(=O)C(C)(C)C)CC2. The molecule has 1 heterocycles. The molecule has 1 aliphatic heterocycles. The molecule has 0 aromatic heterocycles. The zero-order valence-electron chi connectivity index (χ0n) is 13.7. The lowest BCUT2D eigenvalue weighted by atomic mass is 9.94. The van der Waals surface area contributed by atoms with Crippen LogP contribution in [0.15, 0.2) is 12.1 Å². The zero-order chi connectivity index (χ0) is 15.6. The predicted octanol–water partition coefficient (Wildman–Crippen LogP) is 2.68. The van der Waals surface area contributed by atoms with E-state index in [1.165, 1.54) is 11.1 Å². The van der Waals surface area contributed by atoms with Crippen LogP contribution in [0.4, 0.5) is 0 Å². The summed E-state index contributed by atoms with van der Waals surface area (Å²) in [5.74, 6) is 1.73. The minimum absolute atomic E-state index is 0.217. The van der Waals surface area contributed by atoms with Crippen LogP contribution in [0.2, 0.25) is 0 Å². The molecule has 1 aromatic rings. The summed E-state index contributed by atoms with van der Waals surface area (Å²) >= 11 is 0. The maximum atomic E-state index is 12.4. The average molecular weight is 291 g/mol. The van der Waals surface area contributed by atoms with Crippen LogP contribution >= 0.6 is 0 Å². The van der Waals surface area contributed by atoms with Crippen LogP contribution in [-0.2, 0) is 17.6 Å². The summed E-state index contributed by atoms with van der Waals surface area (Å²) in [5, 5.41) is 0. The van der Waals surface area contributed by atoms with Crippen molar-refractivity contribution < 1.29 is 14.3 Å². The van der Waals surface area contributed by atoms with Gasteiger partial charge in [0.2, 0.25) is 5.91 Å². The minimum Gasteiger partial charge on any atom is -0.493 e. The summed E-state index contributed by atoms with van der Waals surface area (Å²) in [6.45, 7) is 7.44. The summed E-state index contributed by atoms with van der Waals surface area (Å²) < 4.78 is 10.7. The molecular formula is C17H25NO3. The van der Waals surface area contributed by atoms with Crippen molar-refractivity contribution in [2.24, 2.45) is 5.41 Å². The molecular weight excluding hydrogens is 266 g/mol. The van der Waals surface area contributed by atoms with Crippen LogP contribution in [0.5, 0.6) is 11.5 Å². The molecule has 1 aliphatic rings. The number of carbonyl (C=O) groups is 1. The molecule has 0 radical (unpaired) electrons. The lowest BCUT2D eigenvalue weighted by Crippen LogP contribution is -2.40. The largest absolute Gasteiger partial charge is 0.493 e. The van der Waals surface area contributed by atoms with E-state index in [4.69, 9.17) is 9.47 Å². The molecule has 0 spiro atoms. The normalized spacial score (nSPS) is 15.2. The van der Waals surface area contributed by atoms with E-state index in [2.05, 4.69) is 0 Å². The first-order valence-corrected chi connectivity index (χ1v) is 7.40. The van der Waals surface area contributed by atoms with Gasteiger partial charge in [-0.3, -0.25) is 4.79 Å². The van der Waals surface area contributed by atoms with Crippen molar-refractivity contribution in [2.75, 3.05) is 27.3 Å². The molecule has 1 amide bonds. The molecule has 21 heavy (non-hydrogen) atoms. The second kappa shape index (κ2) is 5.96. The van der Waals surface area contributed by atoms with Crippen molar-refractivity contribution in [2.45, 2.75) is 33.6 Å². The number of hydrogen-bond acceptors (Lipinski definition) is 3. The molecule has 0 bridgehead atoms. The third kappa shape index (κ3) is 3.31. The first kappa shape index (κ1) is 15.7. The van der Waals surface area contributed by atoms with E-state index in [-0.39, 0.29) is 11.3 Å². The van der Waals surface area contributed by atoms with Gasteiger partial charge in [0, 0.05) is 18.5 Å². The van der Waals surface area contributed by atoms with Gasteiger partial charge in [-0.1, -0.05) is 20.8 Å². The van der Waals surface area contributed by atoms with Gasteiger partial charge in [-0.2, -0.15) is 0 Å². The standard InChI is InChI=1S/C17H25NO3/c1-17(2,3)16(19)18-8-6-12-10-14(20-4)15(21-5)11-13(12)7-9-18/h10-11H,6-9H2,1-5H3. The fourth-order valence-electron chi connectivity index (χ4n) is 2.73. The topological polar surface area (TPSA) is 38.8 Å². The van der Waals surface area contributed by atoms with E-state index in [0.29, 0.717) is 0 Å². The fraction of sp³-hybridized carbons (Fsp3) is 0.588. The van der Waals surface area contributed by atoms with Gasteiger partial charge in [0.05, 0.1) is 14.2 Å². The summed E-state index contributed by atoms with van der Waals surface area (Å²) in [7, 11) is 3.30. The summed E-state index contributed by atoms with van der Waals surface area (Å²) in [6.07, 6.45) is 1.72. The van der Waals surface area contributed by atoms with E-state index in [1.54, 1.807) is 14.2 Å². The summed E-state index contributed by atoms with van der Waals surface area (Å²) in [6, 6.07) is 4.08. The number of methoxy groups -OCH3 is 2. The molecule has 0 fully saturated rings. The van der Waals surface area contributed by atoms with Crippen molar-refractivity contribution >= 4 is 5.91 Å². The highest BCUT2D eigenvalue weighted by Crippen LogP contribution is 2.32. The number of benzene rings is 1. The average Bonchev–Trinajstić information content (AvgIpc) is 2.65. The Hall–Kier alpha value is -1.71. The summed E-state index contributed by atoms with van der Waals surface area (Å²) in [5.41, 5.74) is 2.17. The molecule has 0 unspecified atom stereocenters. The van der Waals surface area contributed by atoms with Crippen molar-refractivity contribution in [1.82, 2.24) is 4.90 Å². The quantitative estimate of drug-likeness (QED) is 0.841. The van der Waals surface area contributed by atoms with Crippen molar-refractivity contribution in [1.29, 1.82) is 0 Å². The molecule has 0 saturated carbocycles. The lowest BCUT2D eigenvalue weighted by molar-refractivity contribution is -0.139. The highest BCUT2D eigenvalue weighted by molar-refractivity contribution is 5.81. The Morgan fingerprint density at radius 2 is 1.43 bits per heavy atom. The Labute approximate surface area is 127 Å². The third-order valence-corrected chi connectivity index (χ3v) is 3.94. The molecule has 2 rings (SSSR count).